The Kier molecular flexibility index (Phi) is 5.75. The highest BCUT2D eigenvalue weighted by molar-refractivity contribution is 6.31. The Hall–Kier alpha value is -4.46. The van der Waals surface area contributed by atoms with E-state index in [2.05, 4.69) is 0 Å². The molecular weight excluding hydrogens is 484 g/mol. The summed E-state index contributed by atoms with van der Waals surface area (Å²) < 4.78 is 11.7. The van der Waals surface area contributed by atoms with Gasteiger partial charge in [0.2, 0.25) is 0 Å². The third-order valence-corrected chi connectivity index (χ3v) is 7.61. The molecule has 4 amide bonds. The van der Waals surface area contributed by atoms with Gasteiger partial charge in [0.1, 0.15) is 0 Å². The van der Waals surface area contributed by atoms with E-state index in [1.54, 1.807) is 42.3 Å². The number of benzene rings is 3. The number of methoxy groups -OCH3 is 1. The second-order valence-electron chi connectivity index (χ2n) is 9.81. The first-order valence-corrected chi connectivity index (χ1v) is 12.7. The number of fused-ring (bicyclic) bond motifs is 2. The average Bonchev–Trinajstić information content (AvgIpc) is 3.60. The van der Waals surface area contributed by atoms with Crippen LogP contribution in [0.1, 0.15) is 85.6 Å². The zero-order valence-corrected chi connectivity index (χ0v) is 21.1. The van der Waals surface area contributed by atoms with E-state index in [1.807, 2.05) is 19.1 Å². The number of nitrogens with zero attached hydrogens (tertiary/aromatic N) is 2. The van der Waals surface area contributed by atoms with Crippen LogP contribution in [-0.2, 0) is 0 Å². The Morgan fingerprint density at radius 3 is 2.16 bits per heavy atom. The van der Waals surface area contributed by atoms with Gasteiger partial charge in [-0.25, -0.2) is 4.90 Å². The first kappa shape index (κ1) is 23.9. The van der Waals surface area contributed by atoms with Gasteiger partial charge in [-0.2, -0.15) is 0 Å². The number of anilines is 1. The van der Waals surface area contributed by atoms with Gasteiger partial charge in [-0.1, -0.05) is 18.2 Å². The number of hydrogen-bond donors (Lipinski definition) is 0. The SMILES string of the molecule is COc1ccc(N2C(=O)c3cc(C(=O)N4C(=O)c5ccccc5C4=O)ccc3C2C)cc1OC1CCCC1. The minimum atomic E-state index is -0.755. The summed E-state index contributed by atoms with van der Waals surface area (Å²) in [7, 11) is 1.59. The summed E-state index contributed by atoms with van der Waals surface area (Å²) >= 11 is 0. The molecule has 8 heteroatoms. The molecule has 1 saturated carbocycles. The first-order chi connectivity index (χ1) is 18.4. The van der Waals surface area contributed by atoms with Gasteiger partial charge < -0.3 is 14.4 Å². The minimum absolute atomic E-state index is 0.0978. The molecule has 38 heavy (non-hydrogen) atoms. The smallest absolute Gasteiger partial charge is 0.268 e. The molecule has 0 N–H and O–H groups in total. The fourth-order valence-electron chi connectivity index (χ4n) is 5.62. The molecule has 0 bridgehead atoms. The van der Waals surface area contributed by atoms with Crippen LogP contribution < -0.4 is 14.4 Å². The van der Waals surface area contributed by atoms with Crippen LogP contribution in [0.5, 0.6) is 11.5 Å². The molecular formula is C30H26N2O6. The van der Waals surface area contributed by atoms with Crippen molar-refractivity contribution in [3.05, 3.63) is 88.5 Å². The lowest BCUT2D eigenvalue weighted by Gasteiger charge is -2.24. The summed E-state index contributed by atoms with van der Waals surface area (Å²) in [4.78, 5) is 54.8. The molecule has 1 atom stereocenters. The predicted molar refractivity (Wildman–Crippen MR) is 139 cm³/mol. The molecule has 0 radical (unpaired) electrons. The number of hydrogen-bond acceptors (Lipinski definition) is 6. The average molecular weight is 511 g/mol. The second kappa shape index (κ2) is 9.13. The predicted octanol–water partition coefficient (Wildman–Crippen LogP) is 5.17. The summed E-state index contributed by atoms with van der Waals surface area (Å²) in [6.45, 7) is 1.91. The maximum absolute atomic E-state index is 13.6. The zero-order chi connectivity index (χ0) is 26.6. The highest BCUT2D eigenvalue weighted by Gasteiger charge is 2.41. The van der Waals surface area contributed by atoms with E-state index >= 15 is 0 Å². The molecule has 0 aromatic heterocycles. The minimum Gasteiger partial charge on any atom is -0.493 e. The van der Waals surface area contributed by atoms with Crippen LogP contribution in [0.15, 0.2) is 60.7 Å². The molecule has 1 aliphatic carbocycles. The number of ether oxygens (including phenoxy) is 2. The van der Waals surface area contributed by atoms with Crippen LogP contribution in [0.25, 0.3) is 0 Å². The van der Waals surface area contributed by atoms with Crippen molar-refractivity contribution >= 4 is 29.3 Å². The Morgan fingerprint density at radius 2 is 1.50 bits per heavy atom. The van der Waals surface area contributed by atoms with Gasteiger partial charge >= 0.3 is 0 Å². The largest absolute Gasteiger partial charge is 0.493 e. The van der Waals surface area contributed by atoms with Gasteiger partial charge in [0.25, 0.3) is 23.6 Å². The van der Waals surface area contributed by atoms with Gasteiger partial charge in [0.05, 0.1) is 30.4 Å². The Morgan fingerprint density at radius 1 is 0.816 bits per heavy atom. The lowest BCUT2D eigenvalue weighted by molar-refractivity contribution is 0.0566. The number of amides is 4. The number of carbonyl (C=O) groups excluding carboxylic acids is 4. The molecule has 192 valence electrons. The van der Waals surface area contributed by atoms with Gasteiger partial charge in [-0.15, -0.1) is 0 Å². The second-order valence-corrected chi connectivity index (χ2v) is 9.81. The van der Waals surface area contributed by atoms with E-state index < -0.39 is 17.7 Å². The van der Waals surface area contributed by atoms with Crippen LogP contribution in [0.2, 0.25) is 0 Å². The summed E-state index contributed by atoms with van der Waals surface area (Å²) in [5.41, 5.74) is 2.24. The van der Waals surface area contributed by atoms with E-state index in [-0.39, 0.29) is 34.7 Å². The molecule has 1 unspecified atom stereocenters. The van der Waals surface area contributed by atoms with Crippen molar-refractivity contribution in [3.63, 3.8) is 0 Å². The maximum Gasteiger partial charge on any atom is 0.268 e. The quantitative estimate of drug-likeness (QED) is 0.440. The Balaban J connectivity index is 1.30. The Bertz CT molecular complexity index is 1470. The molecule has 0 spiro atoms. The molecule has 3 aliphatic rings. The van der Waals surface area contributed by atoms with Gasteiger partial charge in [0.15, 0.2) is 11.5 Å². The molecule has 8 nitrogen and oxygen atoms in total. The first-order valence-electron chi connectivity index (χ1n) is 12.7. The molecule has 6 rings (SSSR count). The van der Waals surface area contributed by atoms with Crippen molar-refractivity contribution in [3.8, 4) is 11.5 Å². The van der Waals surface area contributed by atoms with E-state index in [0.29, 0.717) is 27.6 Å². The summed E-state index contributed by atoms with van der Waals surface area (Å²) in [5.74, 6) is -1.16. The Labute approximate surface area is 219 Å². The summed E-state index contributed by atoms with van der Waals surface area (Å²) in [6.07, 6.45) is 4.36. The van der Waals surface area contributed by atoms with Crippen molar-refractivity contribution in [1.82, 2.24) is 4.90 Å². The van der Waals surface area contributed by atoms with E-state index in [9.17, 15) is 19.2 Å². The fraction of sp³-hybridized carbons (Fsp3) is 0.267. The lowest BCUT2D eigenvalue weighted by atomic mass is 10.0. The highest BCUT2D eigenvalue weighted by Crippen LogP contribution is 2.42. The third kappa shape index (κ3) is 3.67. The van der Waals surface area contributed by atoms with Gasteiger partial charge in [-0.05, 0) is 74.6 Å². The van der Waals surface area contributed by atoms with Crippen molar-refractivity contribution in [2.75, 3.05) is 12.0 Å². The van der Waals surface area contributed by atoms with Crippen LogP contribution in [0.3, 0.4) is 0 Å². The molecule has 1 fully saturated rings. The molecule has 3 aromatic carbocycles. The number of carbonyl (C=O) groups is 4. The van der Waals surface area contributed by atoms with Crippen molar-refractivity contribution in [2.45, 2.75) is 44.8 Å². The van der Waals surface area contributed by atoms with Crippen molar-refractivity contribution < 1.29 is 28.7 Å². The van der Waals surface area contributed by atoms with Crippen molar-refractivity contribution in [1.29, 1.82) is 0 Å². The van der Waals surface area contributed by atoms with Crippen LogP contribution in [0.4, 0.5) is 5.69 Å². The summed E-state index contributed by atoms with van der Waals surface area (Å²) in [6, 6.07) is 16.2. The molecule has 0 saturated heterocycles. The zero-order valence-electron chi connectivity index (χ0n) is 21.1. The van der Waals surface area contributed by atoms with Crippen LogP contribution in [-0.4, -0.2) is 41.7 Å². The van der Waals surface area contributed by atoms with Gasteiger partial charge in [0, 0.05) is 22.9 Å². The lowest BCUT2D eigenvalue weighted by Crippen LogP contribution is -2.36. The summed E-state index contributed by atoms with van der Waals surface area (Å²) in [5, 5.41) is 0. The molecule has 2 heterocycles. The normalized spacial score (nSPS) is 18.7. The van der Waals surface area contributed by atoms with E-state index in [0.717, 1.165) is 31.2 Å². The highest BCUT2D eigenvalue weighted by atomic mass is 16.5. The fourth-order valence-corrected chi connectivity index (χ4v) is 5.62. The monoisotopic (exact) mass is 510 g/mol. The standard InChI is InChI=1S/C30H26N2O6/c1-17-21-13-11-18(27(33)32-28(34)22-9-5-6-10-23(22)29(32)35)15-24(21)30(36)31(17)19-12-14-25(37-2)26(16-19)38-20-7-3-4-8-20/h5-6,9-17,20H,3-4,7-8H2,1-2H3. The van der Waals surface area contributed by atoms with Gasteiger partial charge in [-0.3, -0.25) is 19.2 Å². The number of rotatable bonds is 5. The van der Waals surface area contributed by atoms with Crippen LogP contribution in [0, 0.1) is 0 Å². The number of imide groups is 3. The molecule has 2 aliphatic heterocycles. The third-order valence-electron chi connectivity index (χ3n) is 7.61. The van der Waals surface area contributed by atoms with Crippen LogP contribution >= 0.6 is 0 Å². The van der Waals surface area contributed by atoms with Crippen molar-refractivity contribution in [2.24, 2.45) is 0 Å². The van der Waals surface area contributed by atoms with E-state index in [1.165, 1.54) is 18.2 Å². The topological polar surface area (TPSA) is 93.2 Å². The maximum atomic E-state index is 13.6. The van der Waals surface area contributed by atoms with E-state index in [4.69, 9.17) is 9.47 Å². The molecule has 3 aromatic rings.